The van der Waals surface area contributed by atoms with Gasteiger partial charge < -0.3 is 40.3 Å². The summed E-state index contributed by atoms with van der Waals surface area (Å²) in [7, 11) is 0. The molecule has 7 unspecified atom stereocenters. The molecule has 7 atom stereocenters. The first-order valence-electron chi connectivity index (χ1n) is 28.0. The maximum absolute atomic E-state index is 13.0. The van der Waals surface area contributed by atoms with Crippen LogP contribution in [0.3, 0.4) is 0 Å². The Morgan fingerprint density at radius 1 is 0.523 bits per heavy atom. The third-order valence-corrected chi connectivity index (χ3v) is 13.5. The number of aliphatic hydroxyl groups is 5. The topological polar surface area (TPSA) is 149 Å². The quantitative estimate of drug-likeness (QED) is 0.0261. The summed E-state index contributed by atoms with van der Waals surface area (Å²) in [6.07, 6.45) is 50.8. The van der Waals surface area contributed by atoms with Gasteiger partial charge in [-0.2, -0.15) is 0 Å². The van der Waals surface area contributed by atoms with Crippen LogP contribution in [0.15, 0.2) is 24.3 Å². The van der Waals surface area contributed by atoms with Crippen molar-refractivity contribution in [2.45, 2.75) is 314 Å². The van der Waals surface area contributed by atoms with E-state index >= 15 is 0 Å². The van der Waals surface area contributed by atoms with Crippen LogP contribution in [0, 0.1) is 0 Å². The van der Waals surface area contributed by atoms with Gasteiger partial charge in [-0.05, 0) is 38.5 Å². The van der Waals surface area contributed by atoms with Crippen molar-refractivity contribution in [2.75, 3.05) is 13.2 Å². The molecule has 9 nitrogen and oxygen atoms in total. The number of rotatable bonds is 48. The van der Waals surface area contributed by atoms with E-state index in [0.29, 0.717) is 12.8 Å². The van der Waals surface area contributed by atoms with Gasteiger partial charge in [-0.1, -0.05) is 250 Å². The van der Waals surface area contributed by atoms with Gasteiger partial charge in [-0.25, -0.2) is 0 Å². The van der Waals surface area contributed by atoms with Gasteiger partial charge in [0.2, 0.25) is 5.91 Å². The van der Waals surface area contributed by atoms with Gasteiger partial charge in [0.15, 0.2) is 6.29 Å². The van der Waals surface area contributed by atoms with Crippen molar-refractivity contribution in [3.8, 4) is 0 Å². The van der Waals surface area contributed by atoms with E-state index in [0.717, 1.165) is 70.6 Å². The highest BCUT2D eigenvalue weighted by Crippen LogP contribution is 2.23. The summed E-state index contributed by atoms with van der Waals surface area (Å²) in [5.41, 5.74) is 0. The summed E-state index contributed by atoms with van der Waals surface area (Å²) in [6, 6.07) is -0.725. The lowest BCUT2D eigenvalue weighted by Gasteiger charge is -2.40. The summed E-state index contributed by atoms with van der Waals surface area (Å²) < 4.78 is 11.3. The molecule has 1 heterocycles. The smallest absolute Gasteiger partial charge is 0.220 e. The summed E-state index contributed by atoms with van der Waals surface area (Å²) in [5, 5.41) is 54.5. The number of hydrogen-bond acceptors (Lipinski definition) is 8. The van der Waals surface area contributed by atoms with Gasteiger partial charge in [-0.15, -0.1) is 0 Å². The second-order valence-electron chi connectivity index (χ2n) is 19.7. The fraction of sp³-hybridized carbons (Fsp3) is 0.911. The molecule has 0 spiro atoms. The third kappa shape index (κ3) is 36.3. The molecule has 1 fully saturated rings. The molecule has 1 rings (SSSR count). The molecule has 1 aliphatic rings. The van der Waals surface area contributed by atoms with Gasteiger partial charge >= 0.3 is 0 Å². The van der Waals surface area contributed by atoms with Gasteiger partial charge in [0, 0.05) is 6.42 Å². The lowest BCUT2D eigenvalue weighted by atomic mass is 9.99. The summed E-state index contributed by atoms with van der Waals surface area (Å²) in [4.78, 5) is 13.0. The molecule has 384 valence electrons. The Bertz CT molecular complexity index is 1070. The van der Waals surface area contributed by atoms with E-state index in [2.05, 4.69) is 43.5 Å². The van der Waals surface area contributed by atoms with E-state index in [1.165, 1.54) is 173 Å². The van der Waals surface area contributed by atoms with E-state index in [-0.39, 0.29) is 12.5 Å². The maximum Gasteiger partial charge on any atom is 0.220 e. The fourth-order valence-electron chi connectivity index (χ4n) is 9.08. The Kier molecular flexibility index (Phi) is 44.0. The SMILES string of the molecule is CCC/C=C\C/C=C\CCCCCCCC(=O)NC(COC1OC(CO)C(O)C(O)C1O)C(O)CCCCCCCCCCCCCCCCCCCCCCCCCCCCCCC. The van der Waals surface area contributed by atoms with Crippen LogP contribution in [-0.4, -0.2) is 87.5 Å². The molecule has 6 N–H and O–H groups in total. The highest BCUT2D eigenvalue weighted by Gasteiger charge is 2.44. The standard InChI is InChI=1S/C56H107NO8/c1-3-5-7-9-11-13-15-17-18-19-20-21-22-23-24-25-26-27-28-29-30-31-32-34-35-37-39-41-43-45-50(59)49(48-64-56-55(63)54(62)53(61)51(47-58)65-56)57-52(60)46-44-42-40-38-36-33-16-14-12-10-8-6-4-2/h8,10,14,16,49-51,53-56,58-59,61-63H,3-7,9,11-13,15,17-48H2,1-2H3,(H,57,60)/b10-8-,16-14-. The zero-order valence-corrected chi connectivity index (χ0v) is 42.5. The van der Waals surface area contributed by atoms with Gasteiger partial charge in [0.1, 0.15) is 24.4 Å². The van der Waals surface area contributed by atoms with Crippen LogP contribution in [0.5, 0.6) is 0 Å². The number of carbonyl (C=O) groups is 1. The number of allylic oxidation sites excluding steroid dienone is 4. The molecular weight excluding hydrogens is 815 g/mol. The average molecular weight is 922 g/mol. The fourth-order valence-corrected chi connectivity index (χ4v) is 9.08. The summed E-state index contributed by atoms with van der Waals surface area (Å²) in [6.45, 7) is 3.78. The minimum atomic E-state index is -1.55. The molecule has 0 bridgehead atoms. The van der Waals surface area contributed by atoms with E-state index in [4.69, 9.17) is 9.47 Å². The lowest BCUT2D eigenvalue weighted by Crippen LogP contribution is -2.60. The molecule has 9 heteroatoms. The van der Waals surface area contributed by atoms with Crippen molar-refractivity contribution in [3.05, 3.63) is 24.3 Å². The van der Waals surface area contributed by atoms with Crippen LogP contribution >= 0.6 is 0 Å². The van der Waals surface area contributed by atoms with Crippen molar-refractivity contribution in [3.63, 3.8) is 0 Å². The first-order chi connectivity index (χ1) is 31.8. The molecule has 65 heavy (non-hydrogen) atoms. The van der Waals surface area contributed by atoms with Crippen molar-refractivity contribution >= 4 is 5.91 Å². The average Bonchev–Trinajstić information content (AvgIpc) is 3.31. The molecule has 0 saturated carbocycles. The largest absolute Gasteiger partial charge is 0.394 e. The number of ether oxygens (including phenoxy) is 2. The molecule has 0 aromatic carbocycles. The molecule has 1 amide bonds. The Hall–Kier alpha value is -1.33. The van der Waals surface area contributed by atoms with Crippen LogP contribution in [0.1, 0.15) is 271 Å². The Labute approximate surface area is 400 Å². The maximum atomic E-state index is 13.0. The second-order valence-corrected chi connectivity index (χ2v) is 19.7. The minimum Gasteiger partial charge on any atom is -0.394 e. The normalized spacial score (nSPS) is 20.0. The van der Waals surface area contributed by atoms with Crippen molar-refractivity contribution in [2.24, 2.45) is 0 Å². The van der Waals surface area contributed by atoms with E-state index < -0.39 is 49.5 Å². The van der Waals surface area contributed by atoms with Gasteiger partial charge in [0.25, 0.3) is 0 Å². The molecule has 0 aromatic heterocycles. The van der Waals surface area contributed by atoms with Crippen LogP contribution in [0.4, 0.5) is 0 Å². The first kappa shape index (κ1) is 61.7. The van der Waals surface area contributed by atoms with Gasteiger partial charge in [-0.3, -0.25) is 4.79 Å². The molecule has 1 saturated heterocycles. The predicted molar refractivity (Wildman–Crippen MR) is 272 cm³/mol. The Balaban J connectivity index is 2.14. The number of amides is 1. The number of carbonyl (C=O) groups excluding carboxylic acids is 1. The third-order valence-electron chi connectivity index (χ3n) is 13.5. The van der Waals surface area contributed by atoms with Crippen molar-refractivity contribution in [1.82, 2.24) is 5.32 Å². The number of hydrogen-bond donors (Lipinski definition) is 6. The molecular formula is C56H107NO8. The second kappa shape index (κ2) is 46.4. The molecule has 0 radical (unpaired) electrons. The van der Waals surface area contributed by atoms with Crippen LogP contribution < -0.4 is 5.32 Å². The molecule has 0 aliphatic carbocycles. The Morgan fingerprint density at radius 3 is 1.38 bits per heavy atom. The number of nitrogens with one attached hydrogen (secondary N) is 1. The zero-order chi connectivity index (χ0) is 47.3. The minimum absolute atomic E-state index is 0.142. The monoisotopic (exact) mass is 922 g/mol. The summed E-state index contributed by atoms with van der Waals surface area (Å²) in [5.74, 6) is -0.156. The predicted octanol–water partition coefficient (Wildman–Crippen LogP) is 13.4. The number of unbranched alkanes of at least 4 members (excludes halogenated alkanes) is 34. The molecule has 1 aliphatic heterocycles. The van der Waals surface area contributed by atoms with E-state index in [1.54, 1.807) is 0 Å². The Morgan fingerprint density at radius 2 is 0.938 bits per heavy atom. The van der Waals surface area contributed by atoms with Crippen molar-refractivity contribution < 1.29 is 39.8 Å². The first-order valence-corrected chi connectivity index (χ1v) is 28.0. The van der Waals surface area contributed by atoms with Crippen LogP contribution in [0.2, 0.25) is 0 Å². The van der Waals surface area contributed by atoms with Gasteiger partial charge in [0.05, 0.1) is 25.4 Å². The number of aliphatic hydroxyl groups excluding tert-OH is 5. The van der Waals surface area contributed by atoms with Crippen LogP contribution in [-0.2, 0) is 14.3 Å². The molecule has 0 aromatic rings. The highest BCUT2D eigenvalue weighted by molar-refractivity contribution is 5.76. The van der Waals surface area contributed by atoms with Crippen molar-refractivity contribution in [1.29, 1.82) is 0 Å². The zero-order valence-electron chi connectivity index (χ0n) is 42.5. The lowest BCUT2D eigenvalue weighted by molar-refractivity contribution is -0.302. The van der Waals surface area contributed by atoms with E-state index in [9.17, 15) is 30.3 Å². The van der Waals surface area contributed by atoms with E-state index in [1.807, 2.05) is 0 Å². The summed E-state index contributed by atoms with van der Waals surface area (Å²) >= 11 is 0. The van der Waals surface area contributed by atoms with Crippen LogP contribution in [0.25, 0.3) is 0 Å². The highest BCUT2D eigenvalue weighted by atomic mass is 16.7.